The van der Waals surface area contributed by atoms with E-state index >= 15 is 0 Å². The second kappa shape index (κ2) is 8.17. The minimum absolute atomic E-state index is 0.427. The summed E-state index contributed by atoms with van der Waals surface area (Å²) < 4.78 is 0. The first-order valence-corrected chi connectivity index (χ1v) is 7.60. The van der Waals surface area contributed by atoms with E-state index in [1.54, 1.807) is 7.05 Å². The lowest BCUT2D eigenvalue weighted by Gasteiger charge is -2.16. The number of hydrogen-bond acceptors (Lipinski definition) is 2. The molecule has 4 nitrogen and oxygen atoms in total. The lowest BCUT2D eigenvalue weighted by atomic mass is 10.0. The summed E-state index contributed by atoms with van der Waals surface area (Å²) in [5.74, 6) is 1.23. The Hall–Kier alpha value is -2.36. The van der Waals surface area contributed by atoms with E-state index in [2.05, 4.69) is 64.8 Å². The summed E-state index contributed by atoms with van der Waals surface area (Å²) in [6, 6.07) is 14.5. The number of benzene rings is 1. The lowest BCUT2D eigenvalue weighted by Crippen LogP contribution is -2.38. The number of aliphatic imine (C=N–C) groups is 1. The van der Waals surface area contributed by atoms with Gasteiger partial charge in [0.05, 0.1) is 12.2 Å². The smallest absolute Gasteiger partial charge is 0.191 e. The van der Waals surface area contributed by atoms with Gasteiger partial charge in [0.15, 0.2) is 5.96 Å². The fourth-order valence-corrected chi connectivity index (χ4v) is 2.24. The third-order valence-electron chi connectivity index (χ3n) is 3.71. The molecule has 1 unspecified atom stereocenters. The summed E-state index contributed by atoms with van der Waals surface area (Å²) in [7, 11) is 1.79. The van der Waals surface area contributed by atoms with E-state index in [-0.39, 0.29) is 0 Å². The van der Waals surface area contributed by atoms with Gasteiger partial charge in [-0.2, -0.15) is 0 Å². The average Bonchev–Trinajstić information content (AvgIpc) is 2.57. The average molecular weight is 296 g/mol. The first-order chi connectivity index (χ1) is 10.7. The third-order valence-corrected chi connectivity index (χ3v) is 3.71. The summed E-state index contributed by atoms with van der Waals surface area (Å²) in [6.07, 6.45) is 1.82. The summed E-state index contributed by atoms with van der Waals surface area (Å²) in [4.78, 5) is 8.65. The summed E-state index contributed by atoms with van der Waals surface area (Å²) in [5.41, 5.74) is 3.55. The molecule has 0 fully saturated rings. The zero-order valence-electron chi connectivity index (χ0n) is 13.5. The van der Waals surface area contributed by atoms with E-state index in [1.165, 1.54) is 11.1 Å². The summed E-state index contributed by atoms with van der Waals surface area (Å²) in [5, 5.41) is 6.68. The van der Waals surface area contributed by atoms with E-state index in [1.807, 2.05) is 18.3 Å². The highest BCUT2D eigenvalue weighted by atomic mass is 15.2. The molecule has 0 radical (unpaired) electrons. The number of nitrogens with one attached hydrogen (secondary N) is 2. The fourth-order valence-electron chi connectivity index (χ4n) is 2.24. The Morgan fingerprint density at radius 1 is 1.14 bits per heavy atom. The molecule has 0 bridgehead atoms. The maximum atomic E-state index is 4.38. The van der Waals surface area contributed by atoms with E-state index in [0.717, 1.165) is 18.2 Å². The maximum Gasteiger partial charge on any atom is 0.191 e. The number of aryl methyl sites for hydroxylation is 1. The van der Waals surface area contributed by atoms with Gasteiger partial charge in [-0.1, -0.05) is 43.3 Å². The molecule has 2 rings (SSSR count). The zero-order valence-corrected chi connectivity index (χ0v) is 13.5. The van der Waals surface area contributed by atoms with Crippen LogP contribution in [-0.2, 0) is 6.54 Å². The molecule has 116 valence electrons. The van der Waals surface area contributed by atoms with Crippen LogP contribution in [0, 0.1) is 6.92 Å². The molecule has 2 N–H and O–H groups in total. The molecule has 1 aromatic carbocycles. The van der Waals surface area contributed by atoms with Crippen LogP contribution in [0.2, 0.25) is 0 Å². The van der Waals surface area contributed by atoms with Crippen LogP contribution in [0.25, 0.3) is 0 Å². The number of rotatable bonds is 5. The van der Waals surface area contributed by atoms with E-state index in [9.17, 15) is 0 Å². The van der Waals surface area contributed by atoms with Crippen molar-refractivity contribution in [3.05, 3.63) is 65.5 Å². The van der Waals surface area contributed by atoms with Gasteiger partial charge in [0.2, 0.25) is 0 Å². The second-order valence-corrected chi connectivity index (χ2v) is 5.39. The minimum atomic E-state index is 0.427. The Morgan fingerprint density at radius 3 is 2.59 bits per heavy atom. The summed E-state index contributed by atoms with van der Waals surface area (Å²) >= 11 is 0. The van der Waals surface area contributed by atoms with Gasteiger partial charge in [0.1, 0.15) is 0 Å². The molecule has 4 heteroatoms. The predicted octanol–water partition coefficient (Wildman–Crippen LogP) is 2.86. The maximum absolute atomic E-state index is 4.38. The Labute approximate surface area is 132 Å². The molecule has 1 atom stereocenters. The van der Waals surface area contributed by atoms with Crippen molar-refractivity contribution in [2.24, 2.45) is 4.99 Å². The van der Waals surface area contributed by atoms with Crippen LogP contribution < -0.4 is 10.6 Å². The molecule has 0 spiro atoms. The second-order valence-electron chi connectivity index (χ2n) is 5.39. The van der Waals surface area contributed by atoms with Gasteiger partial charge in [-0.05, 0) is 30.0 Å². The van der Waals surface area contributed by atoms with Crippen molar-refractivity contribution in [2.75, 3.05) is 13.6 Å². The number of nitrogens with zero attached hydrogens (tertiary/aromatic N) is 2. The van der Waals surface area contributed by atoms with Gasteiger partial charge < -0.3 is 10.6 Å². The number of hydrogen-bond donors (Lipinski definition) is 2. The molecule has 1 heterocycles. The van der Waals surface area contributed by atoms with E-state index in [4.69, 9.17) is 0 Å². The van der Waals surface area contributed by atoms with Crippen LogP contribution in [0.15, 0.2) is 53.7 Å². The Bertz CT molecular complexity index is 607. The number of guanidine groups is 1. The molecule has 0 saturated carbocycles. The van der Waals surface area contributed by atoms with Gasteiger partial charge in [-0.25, -0.2) is 0 Å². The van der Waals surface area contributed by atoms with Crippen molar-refractivity contribution in [3.63, 3.8) is 0 Å². The standard InChI is InChI=1S/C18H24N4/c1-14-8-7-11-20-17(14)13-22-18(19-3)21-12-15(2)16-9-5-4-6-10-16/h4-11,15H,12-13H2,1-3H3,(H2,19,21,22). The lowest BCUT2D eigenvalue weighted by molar-refractivity contribution is 0.696. The van der Waals surface area contributed by atoms with Crippen molar-refractivity contribution in [1.29, 1.82) is 0 Å². The van der Waals surface area contributed by atoms with Crippen molar-refractivity contribution >= 4 is 5.96 Å². The molecule has 22 heavy (non-hydrogen) atoms. The largest absolute Gasteiger partial charge is 0.356 e. The Balaban J connectivity index is 1.84. The normalized spacial score (nSPS) is 12.8. The molecule has 1 aromatic heterocycles. The Morgan fingerprint density at radius 2 is 1.91 bits per heavy atom. The SMILES string of the molecule is CN=C(NCc1ncccc1C)NCC(C)c1ccccc1. The van der Waals surface area contributed by atoms with Crippen LogP contribution in [-0.4, -0.2) is 24.5 Å². The van der Waals surface area contributed by atoms with Gasteiger partial charge in [0, 0.05) is 19.8 Å². The highest BCUT2D eigenvalue weighted by Crippen LogP contribution is 2.12. The van der Waals surface area contributed by atoms with Gasteiger partial charge in [-0.3, -0.25) is 9.98 Å². The van der Waals surface area contributed by atoms with Gasteiger partial charge in [0.25, 0.3) is 0 Å². The quantitative estimate of drug-likeness (QED) is 0.659. The van der Waals surface area contributed by atoms with Crippen molar-refractivity contribution < 1.29 is 0 Å². The van der Waals surface area contributed by atoms with E-state index in [0.29, 0.717) is 12.5 Å². The molecular formula is C18H24N4. The monoisotopic (exact) mass is 296 g/mol. The first kappa shape index (κ1) is 16.0. The molecule has 0 aliphatic carbocycles. The van der Waals surface area contributed by atoms with Crippen LogP contribution in [0.1, 0.15) is 29.7 Å². The molecule has 0 aliphatic heterocycles. The zero-order chi connectivity index (χ0) is 15.8. The minimum Gasteiger partial charge on any atom is -0.356 e. The Kier molecular flexibility index (Phi) is 5.95. The highest BCUT2D eigenvalue weighted by Gasteiger charge is 2.06. The fraction of sp³-hybridized carbons (Fsp3) is 0.333. The third kappa shape index (κ3) is 4.58. The van der Waals surface area contributed by atoms with Gasteiger partial charge in [-0.15, -0.1) is 0 Å². The van der Waals surface area contributed by atoms with Crippen LogP contribution in [0.5, 0.6) is 0 Å². The van der Waals surface area contributed by atoms with Crippen molar-refractivity contribution in [2.45, 2.75) is 26.3 Å². The summed E-state index contributed by atoms with van der Waals surface area (Å²) in [6.45, 7) is 5.78. The van der Waals surface area contributed by atoms with Crippen LogP contribution in [0.3, 0.4) is 0 Å². The topological polar surface area (TPSA) is 49.3 Å². The van der Waals surface area contributed by atoms with Crippen molar-refractivity contribution in [1.82, 2.24) is 15.6 Å². The van der Waals surface area contributed by atoms with E-state index < -0.39 is 0 Å². The molecule has 0 aliphatic rings. The highest BCUT2D eigenvalue weighted by molar-refractivity contribution is 5.79. The molecule has 0 amide bonds. The first-order valence-electron chi connectivity index (χ1n) is 7.60. The molecule has 2 aromatic rings. The van der Waals surface area contributed by atoms with Crippen LogP contribution >= 0.6 is 0 Å². The van der Waals surface area contributed by atoms with Crippen molar-refractivity contribution in [3.8, 4) is 0 Å². The van der Waals surface area contributed by atoms with Crippen LogP contribution in [0.4, 0.5) is 0 Å². The predicted molar refractivity (Wildman–Crippen MR) is 92.0 cm³/mol. The number of aromatic nitrogens is 1. The molecular weight excluding hydrogens is 272 g/mol. The number of pyridine rings is 1. The van der Waals surface area contributed by atoms with Gasteiger partial charge >= 0.3 is 0 Å². The molecule has 0 saturated heterocycles.